The molecule has 0 radical (unpaired) electrons. The first-order chi connectivity index (χ1) is 15.3. The van der Waals surface area contributed by atoms with Gasteiger partial charge in [-0.1, -0.05) is 12.1 Å². The third-order valence-corrected chi connectivity index (χ3v) is 4.79. The van der Waals surface area contributed by atoms with Crippen LogP contribution < -0.4 is 15.6 Å². The molecule has 10 nitrogen and oxygen atoms in total. The van der Waals surface area contributed by atoms with Crippen LogP contribution in [-0.2, 0) is 6.54 Å². The Morgan fingerprint density at radius 2 is 1.53 bits per heavy atom. The lowest BCUT2D eigenvalue weighted by molar-refractivity contribution is -0.386. The predicted molar refractivity (Wildman–Crippen MR) is 116 cm³/mol. The summed E-state index contributed by atoms with van der Waals surface area (Å²) in [4.78, 5) is 35.2. The van der Waals surface area contributed by atoms with E-state index in [9.17, 15) is 19.7 Å². The average Bonchev–Trinajstić information content (AvgIpc) is 3.06. The lowest BCUT2D eigenvalue weighted by atomic mass is 10.1. The molecule has 3 aromatic rings. The van der Waals surface area contributed by atoms with Crippen molar-refractivity contribution in [3.05, 3.63) is 86.7 Å². The number of nitro groups is 1. The smallest absolute Gasteiger partial charge is 0.312 e. The summed E-state index contributed by atoms with van der Waals surface area (Å²) in [6.07, 6.45) is 0. The molecule has 2 aromatic carbocycles. The molecule has 0 bridgehead atoms. The number of hydrogen-bond donors (Lipinski definition) is 2. The molecule has 1 aromatic heterocycles. The van der Waals surface area contributed by atoms with Crippen LogP contribution in [0.25, 0.3) is 0 Å². The maximum atomic E-state index is 12.3. The molecule has 0 unspecified atom stereocenters. The number of amides is 2. The van der Waals surface area contributed by atoms with Gasteiger partial charge < -0.3 is 4.74 Å². The summed E-state index contributed by atoms with van der Waals surface area (Å²) < 4.78 is 6.89. The minimum atomic E-state index is -0.474. The van der Waals surface area contributed by atoms with Crippen molar-refractivity contribution in [1.29, 1.82) is 0 Å². The summed E-state index contributed by atoms with van der Waals surface area (Å²) in [5, 5.41) is 15.4. The van der Waals surface area contributed by atoms with Gasteiger partial charge in [0, 0.05) is 11.1 Å². The zero-order valence-electron chi connectivity index (χ0n) is 17.9. The van der Waals surface area contributed by atoms with Crippen molar-refractivity contribution >= 4 is 17.5 Å². The van der Waals surface area contributed by atoms with Gasteiger partial charge in [-0.15, -0.1) is 0 Å². The summed E-state index contributed by atoms with van der Waals surface area (Å²) in [5.41, 5.74) is 7.12. The van der Waals surface area contributed by atoms with Crippen molar-refractivity contribution in [2.75, 3.05) is 6.61 Å². The Bertz CT molecular complexity index is 1140. The van der Waals surface area contributed by atoms with E-state index in [0.717, 1.165) is 5.56 Å². The maximum Gasteiger partial charge on any atom is 0.312 e. The summed E-state index contributed by atoms with van der Waals surface area (Å²) in [6, 6.07) is 13.2. The van der Waals surface area contributed by atoms with Gasteiger partial charge in [0.25, 0.3) is 11.8 Å². The van der Waals surface area contributed by atoms with Crippen molar-refractivity contribution in [1.82, 2.24) is 20.6 Å². The number of ether oxygens (including phenoxy) is 1. The molecule has 1 heterocycles. The van der Waals surface area contributed by atoms with Crippen LogP contribution >= 0.6 is 0 Å². The highest BCUT2D eigenvalue weighted by Crippen LogP contribution is 2.22. The van der Waals surface area contributed by atoms with E-state index in [2.05, 4.69) is 16.0 Å². The van der Waals surface area contributed by atoms with E-state index in [1.165, 1.54) is 0 Å². The third-order valence-electron chi connectivity index (χ3n) is 4.79. The van der Waals surface area contributed by atoms with Crippen LogP contribution in [0.4, 0.5) is 5.69 Å². The van der Waals surface area contributed by atoms with Crippen molar-refractivity contribution in [3.63, 3.8) is 0 Å². The lowest BCUT2D eigenvalue weighted by Gasteiger charge is -2.09. The number of nitrogens with one attached hydrogen (secondary N) is 2. The van der Waals surface area contributed by atoms with Crippen molar-refractivity contribution in [2.24, 2.45) is 0 Å². The molecule has 0 aliphatic heterocycles. The van der Waals surface area contributed by atoms with Crippen LogP contribution in [-0.4, -0.2) is 33.1 Å². The topological polar surface area (TPSA) is 128 Å². The third kappa shape index (κ3) is 5.09. The molecule has 0 saturated carbocycles. The highest BCUT2D eigenvalue weighted by molar-refractivity contribution is 5.99. The minimum Gasteiger partial charge on any atom is -0.494 e. The number of aryl methyl sites for hydroxylation is 1. The Kier molecular flexibility index (Phi) is 6.83. The van der Waals surface area contributed by atoms with E-state index in [0.29, 0.717) is 41.4 Å². The fraction of sp³-hybridized carbons (Fsp3) is 0.227. The largest absolute Gasteiger partial charge is 0.494 e. The fourth-order valence-electron chi connectivity index (χ4n) is 3.17. The molecule has 0 spiro atoms. The molecule has 3 rings (SSSR count). The van der Waals surface area contributed by atoms with Gasteiger partial charge in [-0.3, -0.25) is 35.2 Å². The molecular weight excluding hydrogens is 414 g/mol. The van der Waals surface area contributed by atoms with Gasteiger partial charge in [0.05, 0.1) is 18.1 Å². The van der Waals surface area contributed by atoms with Gasteiger partial charge >= 0.3 is 5.69 Å². The second kappa shape index (κ2) is 9.73. The van der Waals surface area contributed by atoms with E-state index in [1.54, 1.807) is 67.1 Å². The number of rotatable bonds is 7. The molecule has 166 valence electrons. The molecule has 2 amide bonds. The monoisotopic (exact) mass is 437 g/mol. The van der Waals surface area contributed by atoms with Crippen LogP contribution in [0.2, 0.25) is 0 Å². The number of nitrogens with zero attached hydrogens (tertiary/aromatic N) is 3. The summed E-state index contributed by atoms with van der Waals surface area (Å²) >= 11 is 0. The normalized spacial score (nSPS) is 10.5. The molecule has 0 aliphatic rings. The minimum absolute atomic E-state index is 0.00395. The number of carbonyl (C=O) groups is 2. The highest BCUT2D eigenvalue weighted by atomic mass is 16.6. The van der Waals surface area contributed by atoms with E-state index in [-0.39, 0.29) is 5.69 Å². The van der Waals surface area contributed by atoms with Crippen LogP contribution in [0.3, 0.4) is 0 Å². The first-order valence-electron chi connectivity index (χ1n) is 9.91. The molecule has 0 saturated heterocycles. The fourth-order valence-corrected chi connectivity index (χ4v) is 3.17. The van der Waals surface area contributed by atoms with Crippen molar-refractivity contribution in [2.45, 2.75) is 27.3 Å². The number of benzene rings is 2. The van der Waals surface area contributed by atoms with E-state index in [4.69, 9.17) is 4.74 Å². The standard InChI is InChI=1S/C22H23N5O5/c1-4-32-19-11-9-18(10-12-19)22(29)24-23-21(28)17-7-5-16(6-8-17)13-26-15(3)20(27(30)31)14(2)25-26/h5-12H,4,13H2,1-3H3,(H,23,28)(H,24,29). The molecule has 0 aliphatic carbocycles. The Labute approximate surface area is 184 Å². The van der Waals surface area contributed by atoms with Gasteiger partial charge in [0.2, 0.25) is 0 Å². The van der Waals surface area contributed by atoms with Crippen molar-refractivity contribution in [3.8, 4) is 5.75 Å². The quantitative estimate of drug-likeness (QED) is 0.432. The molecule has 10 heteroatoms. The number of carbonyl (C=O) groups excluding carboxylic acids is 2. The van der Waals surface area contributed by atoms with Gasteiger partial charge in [-0.25, -0.2) is 0 Å². The Morgan fingerprint density at radius 1 is 1.00 bits per heavy atom. The highest BCUT2D eigenvalue weighted by Gasteiger charge is 2.21. The van der Waals surface area contributed by atoms with Gasteiger partial charge in [0.1, 0.15) is 17.1 Å². The number of hydrogen-bond acceptors (Lipinski definition) is 6. The van der Waals surface area contributed by atoms with Crippen LogP contribution in [0.15, 0.2) is 48.5 Å². The second-order valence-corrected chi connectivity index (χ2v) is 7.00. The lowest BCUT2D eigenvalue weighted by Crippen LogP contribution is -2.41. The van der Waals surface area contributed by atoms with Crippen LogP contribution in [0.5, 0.6) is 5.75 Å². The van der Waals surface area contributed by atoms with E-state index in [1.807, 2.05) is 6.92 Å². The number of hydrazine groups is 1. The summed E-state index contributed by atoms with van der Waals surface area (Å²) in [6.45, 7) is 5.97. The number of aromatic nitrogens is 2. The molecule has 2 N–H and O–H groups in total. The first-order valence-corrected chi connectivity index (χ1v) is 9.91. The SMILES string of the molecule is CCOc1ccc(C(=O)NNC(=O)c2ccc(Cn3nc(C)c([N+](=O)[O-])c3C)cc2)cc1. The summed E-state index contributed by atoms with van der Waals surface area (Å²) in [5.74, 6) is -0.273. The van der Waals surface area contributed by atoms with Crippen molar-refractivity contribution < 1.29 is 19.2 Å². The Morgan fingerprint density at radius 3 is 2.00 bits per heavy atom. The van der Waals surface area contributed by atoms with E-state index < -0.39 is 16.7 Å². The first kappa shape index (κ1) is 22.5. The Balaban J connectivity index is 1.59. The predicted octanol–water partition coefficient (Wildman–Crippen LogP) is 2.93. The maximum absolute atomic E-state index is 12.3. The van der Waals surface area contributed by atoms with Crippen LogP contribution in [0, 0.1) is 24.0 Å². The van der Waals surface area contributed by atoms with Crippen LogP contribution in [0.1, 0.15) is 44.6 Å². The zero-order chi connectivity index (χ0) is 23.3. The zero-order valence-corrected chi connectivity index (χ0v) is 17.9. The second-order valence-electron chi connectivity index (χ2n) is 7.00. The molecular formula is C22H23N5O5. The van der Waals surface area contributed by atoms with Gasteiger partial charge in [-0.05, 0) is 62.7 Å². The molecule has 0 atom stereocenters. The average molecular weight is 437 g/mol. The van der Waals surface area contributed by atoms with Gasteiger partial charge in [0.15, 0.2) is 0 Å². The molecule has 0 fully saturated rings. The Hall–Kier alpha value is -4.21. The van der Waals surface area contributed by atoms with E-state index >= 15 is 0 Å². The van der Waals surface area contributed by atoms with Gasteiger partial charge in [-0.2, -0.15) is 5.10 Å². The summed E-state index contributed by atoms with van der Waals surface area (Å²) in [7, 11) is 0. The molecule has 32 heavy (non-hydrogen) atoms.